The van der Waals surface area contributed by atoms with Gasteiger partial charge in [-0.1, -0.05) is 51.8 Å². The second kappa shape index (κ2) is 7.15. The maximum atomic E-state index is 4.47. The zero-order valence-corrected chi connectivity index (χ0v) is 11.1. The Morgan fingerprint density at radius 2 is 2.33 bits per heavy atom. The van der Waals surface area contributed by atoms with Crippen LogP contribution in [0, 0.1) is 5.92 Å². The Morgan fingerprint density at radius 1 is 1.53 bits per heavy atom. The Balaban J connectivity index is 2.16. The lowest BCUT2D eigenvalue weighted by Crippen LogP contribution is -2.26. The molecule has 0 aliphatic carbocycles. The maximum absolute atomic E-state index is 4.47. The Morgan fingerprint density at radius 3 is 2.87 bits per heavy atom. The Kier molecular flexibility index (Phi) is 6.15. The molecule has 2 atom stereocenters. The summed E-state index contributed by atoms with van der Waals surface area (Å²) in [7, 11) is 0. The number of unbranched alkanes of at least 4 members (excludes halogenated alkanes) is 1. The fourth-order valence-electron chi connectivity index (χ4n) is 1.75. The van der Waals surface area contributed by atoms with Gasteiger partial charge in [0.1, 0.15) is 0 Å². The van der Waals surface area contributed by atoms with Crippen molar-refractivity contribution in [1.82, 2.24) is 5.32 Å². The highest BCUT2D eigenvalue weighted by Crippen LogP contribution is 2.19. The van der Waals surface area contributed by atoms with Gasteiger partial charge in [0.2, 0.25) is 0 Å². The van der Waals surface area contributed by atoms with Crippen LogP contribution >= 0.6 is 11.8 Å². The fraction of sp³-hybridized carbons (Fsp3) is 0.917. The third-order valence-corrected chi connectivity index (χ3v) is 3.94. The summed E-state index contributed by atoms with van der Waals surface area (Å²) in [6.07, 6.45) is 5.30. The monoisotopic (exact) mass is 228 g/mol. The molecule has 2 unspecified atom stereocenters. The lowest BCUT2D eigenvalue weighted by Gasteiger charge is -2.15. The summed E-state index contributed by atoms with van der Waals surface area (Å²) in [6.45, 7) is 8.87. The molecule has 0 aromatic carbocycles. The predicted molar refractivity (Wildman–Crippen MR) is 70.7 cm³/mol. The zero-order valence-electron chi connectivity index (χ0n) is 10.3. The highest BCUT2D eigenvalue weighted by molar-refractivity contribution is 8.14. The van der Waals surface area contributed by atoms with Gasteiger partial charge in [-0.25, -0.2) is 0 Å². The van der Waals surface area contributed by atoms with Crippen molar-refractivity contribution in [1.29, 1.82) is 0 Å². The van der Waals surface area contributed by atoms with Gasteiger partial charge in [0, 0.05) is 11.8 Å². The van der Waals surface area contributed by atoms with Crippen molar-refractivity contribution in [3.05, 3.63) is 0 Å². The van der Waals surface area contributed by atoms with E-state index >= 15 is 0 Å². The first kappa shape index (κ1) is 12.9. The van der Waals surface area contributed by atoms with Crippen LogP contribution in [0.3, 0.4) is 0 Å². The second-order valence-electron chi connectivity index (χ2n) is 4.37. The summed E-state index contributed by atoms with van der Waals surface area (Å²) in [5.41, 5.74) is 0. The Labute approximate surface area is 98.3 Å². The third kappa shape index (κ3) is 4.92. The van der Waals surface area contributed by atoms with Crippen LogP contribution in [0.5, 0.6) is 0 Å². The molecule has 0 saturated carbocycles. The lowest BCUT2D eigenvalue weighted by molar-refractivity contribution is 0.447. The van der Waals surface area contributed by atoms with Crippen LogP contribution in [0.25, 0.3) is 0 Å². The fourth-order valence-corrected chi connectivity index (χ4v) is 2.60. The highest BCUT2D eigenvalue weighted by Gasteiger charge is 2.15. The van der Waals surface area contributed by atoms with E-state index < -0.39 is 0 Å². The van der Waals surface area contributed by atoms with Gasteiger partial charge in [-0.15, -0.1) is 0 Å². The minimum Gasteiger partial charge on any atom is -0.365 e. The van der Waals surface area contributed by atoms with Crippen LogP contribution in [-0.4, -0.2) is 23.5 Å². The molecular formula is C12H24N2S. The molecule has 3 heteroatoms. The van der Waals surface area contributed by atoms with Crippen LogP contribution in [0.2, 0.25) is 0 Å². The van der Waals surface area contributed by atoms with Crippen molar-refractivity contribution >= 4 is 16.9 Å². The number of aliphatic imine (C=N–C) groups is 1. The third-order valence-electron chi connectivity index (χ3n) is 2.89. The largest absolute Gasteiger partial charge is 0.365 e. The quantitative estimate of drug-likeness (QED) is 0.754. The zero-order chi connectivity index (χ0) is 11.1. The smallest absolute Gasteiger partial charge is 0.156 e. The molecule has 0 amide bonds. The van der Waals surface area contributed by atoms with Crippen LogP contribution in [0.4, 0.5) is 0 Å². The summed E-state index contributed by atoms with van der Waals surface area (Å²) in [5, 5.41) is 5.32. The van der Waals surface area contributed by atoms with E-state index in [1.165, 1.54) is 25.7 Å². The van der Waals surface area contributed by atoms with E-state index in [0.717, 1.165) is 24.2 Å². The van der Waals surface area contributed by atoms with Crippen LogP contribution in [0.15, 0.2) is 4.99 Å². The first-order valence-corrected chi connectivity index (χ1v) is 7.09. The van der Waals surface area contributed by atoms with Crippen LogP contribution in [0.1, 0.15) is 46.5 Å². The van der Waals surface area contributed by atoms with Gasteiger partial charge in [-0.3, -0.25) is 4.99 Å². The molecule has 0 fully saturated rings. The number of nitrogens with zero attached hydrogens (tertiary/aromatic N) is 1. The highest BCUT2D eigenvalue weighted by atomic mass is 32.2. The Bertz CT molecular complexity index is 204. The number of rotatable bonds is 6. The summed E-state index contributed by atoms with van der Waals surface area (Å²) in [4.78, 5) is 4.47. The summed E-state index contributed by atoms with van der Waals surface area (Å²) >= 11 is 1.88. The maximum Gasteiger partial charge on any atom is 0.156 e. The molecule has 0 bridgehead atoms. The van der Waals surface area contributed by atoms with Crippen molar-refractivity contribution in [3.63, 3.8) is 0 Å². The topological polar surface area (TPSA) is 24.4 Å². The molecule has 15 heavy (non-hydrogen) atoms. The molecule has 2 nitrogen and oxygen atoms in total. The van der Waals surface area contributed by atoms with E-state index in [1.54, 1.807) is 0 Å². The molecule has 1 N–H and O–H groups in total. The molecule has 88 valence electrons. The van der Waals surface area contributed by atoms with E-state index in [2.05, 4.69) is 31.1 Å². The summed E-state index contributed by atoms with van der Waals surface area (Å²) in [5.74, 6) is 0.823. The van der Waals surface area contributed by atoms with Crippen molar-refractivity contribution in [2.24, 2.45) is 10.9 Å². The molecule has 1 heterocycles. The number of amidine groups is 1. The molecule has 1 aliphatic heterocycles. The SMILES string of the molecule is CCCCC(CC)CNC1=NCC(C)S1. The number of hydrogen-bond donors (Lipinski definition) is 1. The van der Waals surface area contributed by atoms with Crippen molar-refractivity contribution in [2.75, 3.05) is 13.1 Å². The second-order valence-corrected chi connectivity index (χ2v) is 5.80. The van der Waals surface area contributed by atoms with E-state index in [4.69, 9.17) is 0 Å². The van der Waals surface area contributed by atoms with Gasteiger partial charge >= 0.3 is 0 Å². The molecule has 0 aromatic rings. The minimum absolute atomic E-state index is 0.670. The first-order valence-electron chi connectivity index (χ1n) is 6.21. The van der Waals surface area contributed by atoms with Gasteiger partial charge in [0.25, 0.3) is 0 Å². The van der Waals surface area contributed by atoms with Gasteiger partial charge in [-0.2, -0.15) is 0 Å². The van der Waals surface area contributed by atoms with Crippen molar-refractivity contribution in [2.45, 2.75) is 51.7 Å². The standard InChI is InChI=1S/C12H24N2S/c1-4-6-7-11(5-2)9-14-12-13-8-10(3)15-12/h10-11H,4-9H2,1-3H3,(H,13,14). The predicted octanol–water partition coefficient (Wildman–Crippen LogP) is 3.28. The molecule has 0 saturated heterocycles. The Hall–Kier alpha value is -0.180. The lowest BCUT2D eigenvalue weighted by atomic mass is 10.00. The average molecular weight is 228 g/mol. The average Bonchev–Trinajstić information content (AvgIpc) is 2.65. The van der Waals surface area contributed by atoms with Crippen LogP contribution in [-0.2, 0) is 0 Å². The normalized spacial score (nSPS) is 22.6. The van der Waals surface area contributed by atoms with E-state index in [1.807, 2.05) is 11.8 Å². The number of hydrogen-bond acceptors (Lipinski definition) is 3. The minimum atomic E-state index is 0.670. The molecule has 1 aliphatic rings. The van der Waals surface area contributed by atoms with Gasteiger partial charge in [-0.05, 0) is 12.3 Å². The molecule has 0 aromatic heterocycles. The molecule has 1 rings (SSSR count). The number of nitrogens with one attached hydrogen (secondary N) is 1. The summed E-state index contributed by atoms with van der Waals surface area (Å²) in [6, 6.07) is 0. The van der Waals surface area contributed by atoms with E-state index in [9.17, 15) is 0 Å². The molecule has 0 spiro atoms. The van der Waals surface area contributed by atoms with E-state index in [-0.39, 0.29) is 0 Å². The molecule has 0 radical (unpaired) electrons. The summed E-state index contributed by atoms with van der Waals surface area (Å²) < 4.78 is 0. The van der Waals surface area contributed by atoms with Crippen molar-refractivity contribution < 1.29 is 0 Å². The number of thioether (sulfide) groups is 1. The van der Waals surface area contributed by atoms with Gasteiger partial charge in [0.05, 0.1) is 6.54 Å². The van der Waals surface area contributed by atoms with Gasteiger partial charge in [0.15, 0.2) is 5.17 Å². The van der Waals surface area contributed by atoms with Gasteiger partial charge < -0.3 is 5.32 Å². The van der Waals surface area contributed by atoms with Crippen molar-refractivity contribution in [3.8, 4) is 0 Å². The molecular weight excluding hydrogens is 204 g/mol. The van der Waals surface area contributed by atoms with E-state index in [0.29, 0.717) is 5.25 Å². The van der Waals surface area contributed by atoms with Crippen LogP contribution < -0.4 is 5.32 Å². The first-order chi connectivity index (χ1) is 7.26.